The Hall–Kier alpha value is -1.06. The van der Waals surface area contributed by atoms with Gasteiger partial charge in [-0.15, -0.1) is 11.8 Å². The molecule has 1 aromatic rings. The van der Waals surface area contributed by atoms with Gasteiger partial charge in [0, 0.05) is 11.5 Å². The number of benzene rings is 1. The normalized spacial score (nSPS) is 21.1. The number of hydrogen-bond donors (Lipinski definition) is 1. The summed E-state index contributed by atoms with van der Waals surface area (Å²) in [4.78, 5) is 39.3. The van der Waals surface area contributed by atoms with Crippen LogP contribution in [0, 0.1) is 0 Å². The molecule has 6 nitrogen and oxygen atoms in total. The van der Waals surface area contributed by atoms with Crippen molar-refractivity contribution in [2.75, 3.05) is 24.4 Å². The molecule has 0 aliphatic carbocycles. The number of β-lactam (4-membered cyclic amide) rings is 1. The Morgan fingerprint density at radius 1 is 1.30 bits per heavy atom. The molecule has 1 aromatic carbocycles. The molecule has 0 saturated carbocycles. The topological polar surface area (TPSA) is 75.7 Å². The van der Waals surface area contributed by atoms with Crippen LogP contribution >= 0.6 is 58.3 Å². The lowest BCUT2D eigenvalue weighted by Gasteiger charge is -2.49. The summed E-state index contributed by atoms with van der Waals surface area (Å²) in [7, 11) is 0. The zero-order valence-corrected chi connectivity index (χ0v) is 19.8. The van der Waals surface area contributed by atoms with Gasteiger partial charge in [-0.1, -0.05) is 65.1 Å². The Bertz CT molecular complexity index is 861. The number of nitrogens with zero attached hydrogens (tertiary/aromatic N) is 1. The van der Waals surface area contributed by atoms with Crippen molar-refractivity contribution < 1.29 is 19.1 Å². The second kappa shape index (κ2) is 10.0. The van der Waals surface area contributed by atoms with Gasteiger partial charge in [0.25, 0.3) is 5.91 Å². The monoisotopic (exact) mass is 508 g/mol. The van der Waals surface area contributed by atoms with E-state index in [0.29, 0.717) is 11.5 Å². The van der Waals surface area contributed by atoms with Crippen molar-refractivity contribution in [2.45, 2.75) is 21.6 Å². The summed E-state index contributed by atoms with van der Waals surface area (Å²) in [5.41, 5.74) is 1.81. The molecule has 2 heterocycles. The molecule has 0 bridgehead atoms. The molecule has 0 radical (unpaired) electrons. The van der Waals surface area contributed by atoms with Gasteiger partial charge in [-0.25, -0.2) is 4.79 Å². The van der Waals surface area contributed by atoms with E-state index >= 15 is 0 Å². The van der Waals surface area contributed by atoms with E-state index < -0.39 is 22.4 Å². The number of rotatable bonds is 7. The van der Waals surface area contributed by atoms with Crippen molar-refractivity contribution in [3.8, 4) is 0 Å². The van der Waals surface area contributed by atoms with Gasteiger partial charge in [0.1, 0.15) is 23.7 Å². The van der Waals surface area contributed by atoms with E-state index in [4.69, 9.17) is 39.5 Å². The first kappa shape index (κ1) is 23.6. The zero-order valence-electron chi connectivity index (χ0n) is 15.9. The number of fused-ring (bicyclic) bond motifs is 1. The Morgan fingerprint density at radius 3 is 2.63 bits per heavy atom. The highest BCUT2D eigenvalue weighted by atomic mass is 35.6. The number of alkyl halides is 3. The maximum Gasteiger partial charge on any atom is 0.355 e. The number of amides is 2. The fraction of sp³-hybridized carbons (Fsp3) is 0.421. The molecule has 1 N–H and O–H groups in total. The van der Waals surface area contributed by atoms with Gasteiger partial charge in [0.2, 0.25) is 9.70 Å². The quantitative estimate of drug-likeness (QED) is 0.346. The largest absolute Gasteiger partial charge is 0.456 e. The first-order chi connectivity index (χ1) is 14.2. The summed E-state index contributed by atoms with van der Waals surface area (Å²) in [6, 6.07) is 8.57. The Kier molecular flexibility index (Phi) is 7.90. The molecule has 1 fully saturated rings. The van der Waals surface area contributed by atoms with E-state index in [0.717, 1.165) is 11.1 Å². The molecule has 30 heavy (non-hydrogen) atoms. The molecule has 0 spiro atoms. The zero-order chi connectivity index (χ0) is 21.9. The van der Waals surface area contributed by atoms with Crippen LogP contribution in [0.1, 0.15) is 5.56 Å². The van der Waals surface area contributed by atoms with Crippen LogP contribution in [0.3, 0.4) is 0 Å². The van der Waals surface area contributed by atoms with E-state index in [1.165, 1.54) is 28.4 Å². The van der Waals surface area contributed by atoms with Gasteiger partial charge in [-0.3, -0.25) is 14.5 Å². The summed E-state index contributed by atoms with van der Waals surface area (Å²) >= 11 is 20.0. The van der Waals surface area contributed by atoms with E-state index in [9.17, 15) is 14.4 Å². The van der Waals surface area contributed by atoms with Crippen molar-refractivity contribution in [2.24, 2.45) is 0 Å². The van der Waals surface area contributed by atoms with Crippen LogP contribution < -0.4 is 5.32 Å². The van der Waals surface area contributed by atoms with Crippen LogP contribution in [-0.2, 0) is 25.5 Å². The lowest BCUT2D eigenvalue weighted by Crippen LogP contribution is -2.70. The van der Waals surface area contributed by atoms with E-state index in [2.05, 4.69) is 5.32 Å². The van der Waals surface area contributed by atoms with Crippen LogP contribution in [0.4, 0.5) is 0 Å². The molecule has 1 saturated heterocycles. The SMILES string of the molecule is CSCC1=C(C(=O)OCC(Cl)(Cl)Cl)N2C(=O)[C@@H](NC(=O)Cc3ccccc3)[C@@H]2SC1. The molecule has 11 heteroatoms. The summed E-state index contributed by atoms with van der Waals surface area (Å²) in [5, 5.41) is 2.41. The second-order valence-electron chi connectivity index (χ2n) is 6.69. The third kappa shape index (κ3) is 5.59. The number of ether oxygens (including phenoxy) is 1. The van der Waals surface area contributed by atoms with Gasteiger partial charge < -0.3 is 10.1 Å². The summed E-state index contributed by atoms with van der Waals surface area (Å²) in [6.07, 6.45) is 2.08. The summed E-state index contributed by atoms with van der Waals surface area (Å²) < 4.78 is 3.38. The number of esters is 1. The number of carbonyl (C=O) groups is 3. The highest BCUT2D eigenvalue weighted by molar-refractivity contribution is 8.00. The lowest BCUT2D eigenvalue weighted by molar-refractivity contribution is -0.152. The molecule has 162 valence electrons. The molecule has 2 aliphatic heterocycles. The highest BCUT2D eigenvalue weighted by Crippen LogP contribution is 2.41. The fourth-order valence-corrected chi connectivity index (χ4v) is 5.40. The van der Waals surface area contributed by atoms with Crippen molar-refractivity contribution in [1.29, 1.82) is 0 Å². The number of thioether (sulfide) groups is 2. The standard InChI is InChI=1S/C19H19Cl3N2O4S2/c1-29-8-12-9-30-17-14(23-13(25)7-11-5-3-2-4-6-11)16(26)24(17)15(12)18(27)28-10-19(20,21)22/h2-6,14,17H,7-10H2,1H3,(H,23,25)/t14-,17+/m1/s1. The average Bonchev–Trinajstić information content (AvgIpc) is 2.70. The predicted molar refractivity (Wildman–Crippen MR) is 122 cm³/mol. The van der Waals surface area contributed by atoms with Gasteiger partial charge in [0.15, 0.2) is 0 Å². The minimum absolute atomic E-state index is 0.174. The van der Waals surface area contributed by atoms with Crippen LogP contribution in [0.5, 0.6) is 0 Å². The molecule has 0 aromatic heterocycles. The van der Waals surface area contributed by atoms with Crippen LogP contribution in [0.25, 0.3) is 0 Å². The lowest BCUT2D eigenvalue weighted by atomic mass is 10.0. The molecule has 3 rings (SSSR count). The van der Waals surface area contributed by atoms with Crippen molar-refractivity contribution in [3.05, 3.63) is 47.2 Å². The van der Waals surface area contributed by atoms with E-state index in [1.807, 2.05) is 36.6 Å². The van der Waals surface area contributed by atoms with Crippen molar-refractivity contribution in [1.82, 2.24) is 10.2 Å². The maximum absolute atomic E-state index is 12.8. The molecular weight excluding hydrogens is 491 g/mol. The van der Waals surface area contributed by atoms with E-state index in [-0.39, 0.29) is 29.3 Å². The predicted octanol–water partition coefficient (Wildman–Crippen LogP) is 3.16. The number of carbonyl (C=O) groups excluding carboxylic acids is 3. The van der Waals surface area contributed by atoms with Gasteiger partial charge in [-0.2, -0.15) is 11.8 Å². The second-order valence-corrected chi connectivity index (χ2v) is 11.2. The van der Waals surface area contributed by atoms with Crippen LogP contribution in [0.15, 0.2) is 41.6 Å². The smallest absolute Gasteiger partial charge is 0.355 e. The number of halogens is 3. The van der Waals surface area contributed by atoms with Crippen LogP contribution in [-0.4, -0.2) is 62.3 Å². The number of nitrogens with one attached hydrogen (secondary N) is 1. The fourth-order valence-electron chi connectivity index (χ4n) is 3.18. The van der Waals surface area contributed by atoms with Gasteiger partial charge in [0.05, 0.1) is 6.42 Å². The Morgan fingerprint density at radius 2 is 2.00 bits per heavy atom. The summed E-state index contributed by atoms with van der Waals surface area (Å²) in [6.45, 7) is -0.427. The third-order valence-electron chi connectivity index (χ3n) is 4.45. The first-order valence-corrected chi connectivity index (χ1v) is 12.5. The maximum atomic E-state index is 12.8. The minimum Gasteiger partial charge on any atom is -0.456 e. The van der Waals surface area contributed by atoms with E-state index in [1.54, 1.807) is 0 Å². The molecular formula is C19H19Cl3N2O4S2. The van der Waals surface area contributed by atoms with Crippen LogP contribution in [0.2, 0.25) is 0 Å². The average molecular weight is 510 g/mol. The molecule has 2 aliphatic rings. The van der Waals surface area contributed by atoms with Gasteiger partial charge in [-0.05, 0) is 17.4 Å². The minimum atomic E-state index is -1.74. The van der Waals surface area contributed by atoms with Crippen molar-refractivity contribution in [3.63, 3.8) is 0 Å². The van der Waals surface area contributed by atoms with Crippen molar-refractivity contribution >= 4 is 76.1 Å². The van der Waals surface area contributed by atoms with Gasteiger partial charge >= 0.3 is 5.97 Å². The Balaban J connectivity index is 1.70. The molecule has 0 unspecified atom stereocenters. The molecule has 2 atom stereocenters. The third-order valence-corrected chi connectivity index (χ3v) is 6.75. The highest BCUT2D eigenvalue weighted by Gasteiger charge is 2.54. The molecule has 2 amide bonds. The number of hydrogen-bond acceptors (Lipinski definition) is 6. The Labute approximate surface area is 198 Å². The first-order valence-electron chi connectivity index (χ1n) is 8.94. The summed E-state index contributed by atoms with van der Waals surface area (Å²) in [5.74, 6) is -0.212.